The van der Waals surface area contributed by atoms with E-state index in [2.05, 4.69) is 4.90 Å². The minimum atomic E-state index is -0.265. The van der Waals surface area contributed by atoms with Gasteiger partial charge < -0.3 is 15.4 Å². The largest absolute Gasteiger partial charge is 0.445 e. The van der Waals surface area contributed by atoms with Gasteiger partial charge in [0.2, 0.25) is 0 Å². The lowest BCUT2D eigenvalue weighted by Crippen LogP contribution is -2.43. The molecule has 1 unspecified atom stereocenters. The molecule has 5 nitrogen and oxygen atoms in total. The first kappa shape index (κ1) is 15.8. The van der Waals surface area contributed by atoms with Crippen molar-refractivity contribution >= 4 is 6.09 Å². The van der Waals surface area contributed by atoms with Crippen LogP contribution in [0.15, 0.2) is 30.3 Å². The van der Waals surface area contributed by atoms with E-state index in [-0.39, 0.29) is 6.09 Å². The van der Waals surface area contributed by atoms with E-state index in [9.17, 15) is 4.79 Å². The number of likely N-dealkylation sites (N-methyl/N-ethyl adjacent to an activating group) is 1. The molecule has 0 aromatic heterocycles. The van der Waals surface area contributed by atoms with Crippen LogP contribution in [-0.4, -0.2) is 55.2 Å². The SMILES string of the molecule is CN(CC1CCCN1CCN)C(=O)OCc1ccccc1. The summed E-state index contributed by atoms with van der Waals surface area (Å²) in [6, 6.07) is 10.1. The van der Waals surface area contributed by atoms with Gasteiger partial charge in [0.25, 0.3) is 0 Å². The molecule has 1 fully saturated rings. The number of hydrogen-bond acceptors (Lipinski definition) is 4. The summed E-state index contributed by atoms with van der Waals surface area (Å²) >= 11 is 0. The van der Waals surface area contributed by atoms with E-state index in [4.69, 9.17) is 10.5 Å². The van der Waals surface area contributed by atoms with Gasteiger partial charge >= 0.3 is 6.09 Å². The zero-order valence-corrected chi connectivity index (χ0v) is 12.7. The summed E-state index contributed by atoms with van der Waals surface area (Å²) in [6.07, 6.45) is 2.03. The molecule has 0 spiro atoms. The molecule has 0 radical (unpaired) electrons. The number of rotatable bonds is 6. The van der Waals surface area contributed by atoms with Crippen LogP contribution in [0.25, 0.3) is 0 Å². The van der Waals surface area contributed by atoms with Crippen molar-refractivity contribution in [2.75, 3.05) is 33.2 Å². The average molecular weight is 291 g/mol. The maximum absolute atomic E-state index is 12.0. The van der Waals surface area contributed by atoms with Gasteiger partial charge in [0, 0.05) is 32.7 Å². The monoisotopic (exact) mass is 291 g/mol. The molecule has 2 rings (SSSR count). The summed E-state index contributed by atoms with van der Waals surface area (Å²) in [5, 5.41) is 0. The minimum absolute atomic E-state index is 0.265. The first-order valence-electron chi connectivity index (χ1n) is 7.56. The van der Waals surface area contributed by atoms with E-state index in [0.717, 1.165) is 25.1 Å². The highest BCUT2D eigenvalue weighted by Crippen LogP contribution is 2.17. The van der Waals surface area contributed by atoms with Crippen molar-refractivity contribution in [2.24, 2.45) is 5.73 Å². The lowest BCUT2D eigenvalue weighted by molar-refractivity contribution is 0.0947. The number of carbonyl (C=O) groups excluding carboxylic acids is 1. The molecule has 1 heterocycles. The van der Waals surface area contributed by atoms with Crippen molar-refractivity contribution < 1.29 is 9.53 Å². The van der Waals surface area contributed by atoms with Crippen molar-refractivity contribution in [2.45, 2.75) is 25.5 Å². The molecule has 1 saturated heterocycles. The normalized spacial score (nSPS) is 18.7. The van der Waals surface area contributed by atoms with Crippen LogP contribution in [0.2, 0.25) is 0 Å². The fourth-order valence-corrected chi connectivity index (χ4v) is 2.78. The van der Waals surface area contributed by atoms with Gasteiger partial charge in [0.05, 0.1) is 0 Å². The predicted octanol–water partition coefficient (Wildman–Crippen LogP) is 1.68. The zero-order valence-electron chi connectivity index (χ0n) is 12.7. The van der Waals surface area contributed by atoms with Crippen LogP contribution >= 0.6 is 0 Å². The number of nitrogens with zero attached hydrogens (tertiary/aromatic N) is 2. The molecule has 1 amide bonds. The van der Waals surface area contributed by atoms with Crippen LogP contribution in [0.5, 0.6) is 0 Å². The first-order chi connectivity index (χ1) is 10.2. The molecule has 0 bridgehead atoms. The fourth-order valence-electron chi connectivity index (χ4n) is 2.78. The highest BCUT2D eigenvalue weighted by Gasteiger charge is 2.26. The number of ether oxygens (including phenoxy) is 1. The standard InChI is InChI=1S/C16H25N3O2/c1-18(12-15-8-5-10-19(15)11-9-17)16(20)21-13-14-6-3-2-4-7-14/h2-4,6-7,15H,5,8-13,17H2,1H3. The van der Waals surface area contributed by atoms with E-state index in [0.29, 0.717) is 25.7 Å². The minimum Gasteiger partial charge on any atom is -0.445 e. The number of benzene rings is 1. The Morgan fingerprint density at radius 3 is 2.90 bits per heavy atom. The lowest BCUT2D eigenvalue weighted by Gasteiger charge is -2.27. The van der Waals surface area contributed by atoms with Gasteiger partial charge in [-0.25, -0.2) is 4.79 Å². The Kier molecular flexibility index (Phi) is 6.02. The van der Waals surface area contributed by atoms with Gasteiger partial charge in [-0.05, 0) is 24.9 Å². The Balaban J connectivity index is 1.77. The first-order valence-corrected chi connectivity index (χ1v) is 7.56. The summed E-state index contributed by atoms with van der Waals surface area (Å²) in [4.78, 5) is 16.1. The molecule has 1 atom stereocenters. The molecular weight excluding hydrogens is 266 g/mol. The smallest absolute Gasteiger partial charge is 0.409 e. The van der Waals surface area contributed by atoms with Crippen LogP contribution < -0.4 is 5.73 Å². The van der Waals surface area contributed by atoms with Crippen molar-refractivity contribution in [3.05, 3.63) is 35.9 Å². The maximum atomic E-state index is 12.0. The Labute approximate surface area is 126 Å². The van der Waals surface area contributed by atoms with Crippen LogP contribution in [0.3, 0.4) is 0 Å². The van der Waals surface area contributed by atoms with Crippen LogP contribution in [0, 0.1) is 0 Å². The molecule has 2 N–H and O–H groups in total. The van der Waals surface area contributed by atoms with Gasteiger partial charge in [-0.3, -0.25) is 4.90 Å². The topological polar surface area (TPSA) is 58.8 Å². The van der Waals surface area contributed by atoms with Gasteiger partial charge in [-0.15, -0.1) is 0 Å². The Bertz CT molecular complexity index is 438. The second-order valence-electron chi connectivity index (χ2n) is 5.54. The highest BCUT2D eigenvalue weighted by molar-refractivity contribution is 5.67. The van der Waals surface area contributed by atoms with Crippen LogP contribution in [0.1, 0.15) is 18.4 Å². The third-order valence-electron chi connectivity index (χ3n) is 3.92. The number of likely N-dealkylation sites (tertiary alicyclic amines) is 1. The Hall–Kier alpha value is -1.59. The Morgan fingerprint density at radius 2 is 2.19 bits per heavy atom. The van der Waals surface area contributed by atoms with Crippen LogP contribution in [0.4, 0.5) is 4.79 Å². The van der Waals surface area contributed by atoms with E-state index < -0.39 is 0 Å². The van der Waals surface area contributed by atoms with Gasteiger partial charge in [-0.1, -0.05) is 30.3 Å². The summed E-state index contributed by atoms with van der Waals surface area (Å²) in [5.74, 6) is 0. The molecule has 1 aromatic rings. The molecule has 1 aliphatic heterocycles. The molecule has 116 valence electrons. The molecule has 1 aliphatic rings. The van der Waals surface area contributed by atoms with Crippen molar-refractivity contribution in [3.63, 3.8) is 0 Å². The van der Waals surface area contributed by atoms with Gasteiger partial charge in [-0.2, -0.15) is 0 Å². The fraction of sp³-hybridized carbons (Fsp3) is 0.562. The van der Waals surface area contributed by atoms with E-state index in [1.165, 1.54) is 6.42 Å². The number of nitrogens with two attached hydrogens (primary N) is 1. The summed E-state index contributed by atoms with van der Waals surface area (Å²) in [7, 11) is 1.80. The van der Waals surface area contributed by atoms with Gasteiger partial charge in [0.1, 0.15) is 6.61 Å². The molecule has 1 aromatic carbocycles. The van der Waals surface area contributed by atoms with E-state index in [1.54, 1.807) is 11.9 Å². The number of amides is 1. The van der Waals surface area contributed by atoms with Crippen molar-refractivity contribution in [1.82, 2.24) is 9.80 Å². The molecule has 5 heteroatoms. The second-order valence-corrected chi connectivity index (χ2v) is 5.54. The summed E-state index contributed by atoms with van der Waals surface area (Å²) in [5.41, 5.74) is 6.63. The van der Waals surface area contributed by atoms with E-state index in [1.807, 2.05) is 30.3 Å². The Morgan fingerprint density at radius 1 is 1.43 bits per heavy atom. The lowest BCUT2D eigenvalue weighted by atomic mass is 10.2. The second kappa shape index (κ2) is 8.00. The van der Waals surface area contributed by atoms with E-state index >= 15 is 0 Å². The summed E-state index contributed by atoms with van der Waals surface area (Å²) < 4.78 is 5.34. The number of carbonyl (C=O) groups is 1. The summed E-state index contributed by atoms with van der Waals surface area (Å²) in [6.45, 7) is 3.67. The third kappa shape index (κ3) is 4.72. The average Bonchev–Trinajstić information content (AvgIpc) is 2.93. The molecule has 0 saturated carbocycles. The maximum Gasteiger partial charge on any atom is 0.409 e. The van der Waals surface area contributed by atoms with Crippen molar-refractivity contribution in [1.29, 1.82) is 0 Å². The van der Waals surface area contributed by atoms with Crippen LogP contribution in [-0.2, 0) is 11.3 Å². The molecule has 0 aliphatic carbocycles. The predicted molar refractivity (Wildman–Crippen MR) is 82.9 cm³/mol. The molecular formula is C16H25N3O2. The quantitative estimate of drug-likeness (QED) is 0.866. The zero-order chi connectivity index (χ0) is 15.1. The number of hydrogen-bond donors (Lipinski definition) is 1. The molecule has 21 heavy (non-hydrogen) atoms. The van der Waals surface area contributed by atoms with Crippen molar-refractivity contribution in [3.8, 4) is 0 Å². The van der Waals surface area contributed by atoms with Gasteiger partial charge in [0.15, 0.2) is 0 Å². The third-order valence-corrected chi connectivity index (χ3v) is 3.92. The highest BCUT2D eigenvalue weighted by atomic mass is 16.6.